The number of carbonyl (C=O) groups excluding carboxylic acids is 3. The minimum Gasteiger partial charge on any atom is -0.445 e. The SMILES string of the molecule is CC1CCC(CNC(=O)OCc2ccccc2)O[C@@H]1OC1C(O)[C@H]2OC(=O)N[C@@H]2C(OCc2ccccc2)[C@@H]1NC(=O)OCc1ccccc1. The zero-order chi connectivity index (χ0) is 34.9. The third-order valence-electron chi connectivity index (χ3n) is 9.11. The Morgan fingerprint density at radius 2 is 1.40 bits per heavy atom. The quantitative estimate of drug-likeness (QED) is 0.203. The van der Waals surface area contributed by atoms with Crippen molar-refractivity contribution in [2.75, 3.05) is 6.54 Å². The van der Waals surface area contributed by atoms with E-state index in [1.165, 1.54) is 0 Å². The lowest BCUT2D eigenvalue weighted by molar-refractivity contribution is -0.273. The summed E-state index contributed by atoms with van der Waals surface area (Å²) in [5.41, 5.74) is 2.53. The van der Waals surface area contributed by atoms with Crippen LogP contribution in [0.15, 0.2) is 91.0 Å². The van der Waals surface area contributed by atoms with E-state index in [1.54, 1.807) is 0 Å². The first-order chi connectivity index (χ1) is 24.3. The van der Waals surface area contributed by atoms with E-state index in [0.29, 0.717) is 12.8 Å². The summed E-state index contributed by atoms with van der Waals surface area (Å²) in [5, 5.41) is 20.0. The maximum Gasteiger partial charge on any atom is 0.408 e. The fourth-order valence-corrected chi connectivity index (χ4v) is 6.43. The molecule has 4 N–H and O–H groups in total. The number of fused-ring (bicyclic) bond motifs is 1. The van der Waals surface area contributed by atoms with Crippen molar-refractivity contribution in [3.8, 4) is 0 Å². The smallest absolute Gasteiger partial charge is 0.408 e. The van der Waals surface area contributed by atoms with Crippen LogP contribution in [0.2, 0.25) is 0 Å². The molecule has 1 aliphatic carbocycles. The average molecular weight is 690 g/mol. The van der Waals surface area contributed by atoms with Gasteiger partial charge >= 0.3 is 18.3 Å². The van der Waals surface area contributed by atoms with Gasteiger partial charge in [0.05, 0.1) is 18.8 Å². The van der Waals surface area contributed by atoms with E-state index in [0.717, 1.165) is 16.7 Å². The van der Waals surface area contributed by atoms with Gasteiger partial charge in [0, 0.05) is 12.5 Å². The zero-order valence-electron chi connectivity index (χ0n) is 27.7. The molecule has 2 aliphatic heterocycles. The van der Waals surface area contributed by atoms with E-state index in [2.05, 4.69) is 16.0 Å². The van der Waals surface area contributed by atoms with E-state index in [9.17, 15) is 19.5 Å². The van der Waals surface area contributed by atoms with Gasteiger partial charge in [0.15, 0.2) is 12.4 Å². The van der Waals surface area contributed by atoms with Crippen LogP contribution in [0.5, 0.6) is 0 Å². The van der Waals surface area contributed by atoms with Gasteiger partial charge in [-0.3, -0.25) is 0 Å². The summed E-state index contributed by atoms with van der Waals surface area (Å²) in [4.78, 5) is 38.2. The molecule has 13 heteroatoms. The van der Waals surface area contributed by atoms with Crippen molar-refractivity contribution in [2.45, 2.75) is 88.5 Å². The summed E-state index contributed by atoms with van der Waals surface area (Å²) >= 11 is 0. The molecule has 3 aromatic rings. The first-order valence-corrected chi connectivity index (χ1v) is 16.9. The Bertz CT molecular complexity index is 1550. The van der Waals surface area contributed by atoms with Gasteiger partial charge in [0.2, 0.25) is 0 Å². The summed E-state index contributed by atoms with van der Waals surface area (Å²) in [6.45, 7) is 2.43. The van der Waals surface area contributed by atoms with E-state index in [1.807, 2.05) is 97.9 Å². The molecule has 3 amide bonds. The Balaban J connectivity index is 1.16. The number of rotatable bonds is 12. The van der Waals surface area contributed by atoms with Crippen LogP contribution >= 0.6 is 0 Å². The molecule has 3 fully saturated rings. The number of ether oxygens (including phenoxy) is 6. The number of hydrogen-bond donors (Lipinski definition) is 4. The molecule has 0 aromatic heterocycles. The number of aliphatic hydroxyl groups excluding tert-OH is 1. The van der Waals surface area contributed by atoms with Gasteiger partial charge < -0.3 is 49.5 Å². The standard InChI is InChI=1S/C37H43N3O10/c1-23-17-18-27(19-38-35(42)46-21-25-13-7-3-8-14-25)48-34(23)49-32-28(39-36(43)47-22-26-15-9-4-10-16-26)31(45-20-24-11-5-2-6-12-24)29-33(30(32)41)50-37(44)40-29/h2-16,23,27-34,41H,17-22H2,1H3,(H,38,42)(H,39,43)(H,40,44)/t23?,27?,28-,29+,30?,31?,32?,33-,34+/m0/s1. The molecule has 6 rings (SSSR count). The highest BCUT2D eigenvalue weighted by Gasteiger charge is 2.58. The van der Waals surface area contributed by atoms with Crippen LogP contribution in [0.1, 0.15) is 36.5 Å². The normalized spacial score (nSPS) is 28.8. The molecular formula is C37H43N3O10. The Morgan fingerprint density at radius 1 is 0.820 bits per heavy atom. The number of alkyl carbamates (subject to hydrolysis) is 3. The molecule has 2 saturated heterocycles. The lowest BCUT2D eigenvalue weighted by Crippen LogP contribution is -2.71. The Kier molecular flexibility index (Phi) is 11.8. The molecule has 3 aliphatic rings. The molecule has 1 saturated carbocycles. The molecule has 266 valence electrons. The van der Waals surface area contributed by atoms with Gasteiger partial charge in [-0.2, -0.15) is 0 Å². The molecule has 2 heterocycles. The highest BCUT2D eigenvalue weighted by Crippen LogP contribution is 2.35. The minimum absolute atomic E-state index is 0.0140. The van der Waals surface area contributed by atoms with E-state index in [-0.39, 0.29) is 32.3 Å². The predicted octanol–water partition coefficient (Wildman–Crippen LogP) is 4.17. The summed E-state index contributed by atoms with van der Waals surface area (Å²) in [6.07, 6.45) is -6.36. The molecule has 5 unspecified atom stereocenters. The summed E-state index contributed by atoms with van der Waals surface area (Å²) in [7, 11) is 0. The highest BCUT2D eigenvalue weighted by atomic mass is 16.7. The van der Waals surface area contributed by atoms with Crippen LogP contribution in [0.25, 0.3) is 0 Å². The third-order valence-corrected chi connectivity index (χ3v) is 9.11. The van der Waals surface area contributed by atoms with Crippen molar-refractivity contribution in [3.63, 3.8) is 0 Å². The first-order valence-electron chi connectivity index (χ1n) is 16.9. The van der Waals surface area contributed by atoms with Gasteiger partial charge in [-0.05, 0) is 29.5 Å². The van der Waals surface area contributed by atoms with Crippen molar-refractivity contribution < 1.29 is 47.9 Å². The van der Waals surface area contributed by atoms with Gasteiger partial charge in [-0.15, -0.1) is 0 Å². The van der Waals surface area contributed by atoms with Crippen LogP contribution in [0, 0.1) is 5.92 Å². The van der Waals surface area contributed by atoms with Gasteiger partial charge in [0.25, 0.3) is 0 Å². The maximum atomic E-state index is 13.3. The highest BCUT2D eigenvalue weighted by molar-refractivity contribution is 5.71. The summed E-state index contributed by atoms with van der Waals surface area (Å²) in [6, 6.07) is 26.2. The zero-order valence-corrected chi connectivity index (χ0v) is 27.7. The number of carbonyl (C=O) groups is 3. The van der Waals surface area contributed by atoms with Crippen molar-refractivity contribution in [1.29, 1.82) is 0 Å². The fourth-order valence-electron chi connectivity index (χ4n) is 6.43. The van der Waals surface area contributed by atoms with Crippen LogP contribution < -0.4 is 16.0 Å². The van der Waals surface area contributed by atoms with Crippen molar-refractivity contribution in [2.24, 2.45) is 5.92 Å². The van der Waals surface area contributed by atoms with Gasteiger partial charge in [-0.25, -0.2) is 14.4 Å². The minimum atomic E-state index is -1.36. The number of amides is 3. The monoisotopic (exact) mass is 689 g/mol. The Morgan fingerprint density at radius 3 is 2.02 bits per heavy atom. The van der Waals surface area contributed by atoms with Crippen molar-refractivity contribution in [1.82, 2.24) is 16.0 Å². The topological polar surface area (TPSA) is 163 Å². The molecular weight excluding hydrogens is 646 g/mol. The van der Waals surface area contributed by atoms with Crippen LogP contribution in [0.4, 0.5) is 14.4 Å². The molecule has 50 heavy (non-hydrogen) atoms. The van der Waals surface area contributed by atoms with Crippen LogP contribution in [0.3, 0.4) is 0 Å². The average Bonchev–Trinajstić information content (AvgIpc) is 3.54. The number of aliphatic hydroxyl groups is 1. The summed E-state index contributed by atoms with van der Waals surface area (Å²) in [5.74, 6) is -0.111. The van der Waals surface area contributed by atoms with Crippen molar-refractivity contribution in [3.05, 3.63) is 108 Å². The summed E-state index contributed by atoms with van der Waals surface area (Å²) < 4.78 is 35.6. The molecule has 3 aromatic carbocycles. The van der Waals surface area contributed by atoms with E-state index < -0.39 is 67.2 Å². The first kappa shape index (κ1) is 35.1. The number of hydrogen-bond acceptors (Lipinski definition) is 10. The molecule has 9 atom stereocenters. The Labute approximate surface area is 290 Å². The Hall–Kier alpha value is -4.69. The maximum absolute atomic E-state index is 13.3. The lowest BCUT2D eigenvalue weighted by Gasteiger charge is -2.47. The second-order valence-corrected chi connectivity index (χ2v) is 12.7. The van der Waals surface area contributed by atoms with Crippen molar-refractivity contribution >= 4 is 18.3 Å². The molecule has 0 bridgehead atoms. The molecule has 13 nitrogen and oxygen atoms in total. The number of benzene rings is 3. The fraction of sp³-hybridized carbons (Fsp3) is 0.432. The molecule has 0 spiro atoms. The second-order valence-electron chi connectivity index (χ2n) is 12.7. The lowest BCUT2D eigenvalue weighted by atomic mass is 9.81. The molecule has 0 radical (unpaired) electrons. The third kappa shape index (κ3) is 9.10. The predicted molar refractivity (Wildman–Crippen MR) is 178 cm³/mol. The van der Waals surface area contributed by atoms with Crippen LogP contribution in [-0.2, 0) is 48.2 Å². The van der Waals surface area contributed by atoms with Gasteiger partial charge in [0.1, 0.15) is 37.6 Å². The second kappa shape index (κ2) is 16.8. The van der Waals surface area contributed by atoms with Crippen LogP contribution in [-0.4, -0.2) is 78.8 Å². The number of nitrogens with one attached hydrogen (secondary N) is 3. The van der Waals surface area contributed by atoms with E-state index in [4.69, 9.17) is 28.4 Å². The largest absolute Gasteiger partial charge is 0.445 e. The van der Waals surface area contributed by atoms with E-state index >= 15 is 0 Å². The van der Waals surface area contributed by atoms with Gasteiger partial charge in [-0.1, -0.05) is 97.9 Å².